The minimum Gasteiger partial charge on any atom is -0.478 e. The third-order valence-corrected chi connectivity index (χ3v) is 3.36. The van der Waals surface area contributed by atoms with Gasteiger partial charge in [-0.05, 0) is 31.3 Å². The van der Waals surface area contributed by atoms with Crippen molar-refractivity contribution in [2.24, 2.45) is 0 Å². The molecule has 0 aliphatic heterocycles. The number of nitrogens with zero attached hydrogens (tertiary/aromatic N) is 1. The fraction of sp³-hybridized carbons (Fsp3) is 0.357. The van der Waals surface area contributed by atoms with E-state index in [0.29, 0.717) is 0 Å². The Bertz CT molecular complexity index is 399. The SMILES string of the molecule is CN(C)CCSCc1ccc(C=CC(=O)O)cc1. The maximum absolute atomic E-state index is 10.4. The normalized spacial score (nSPS) is 11.3. The lowest BCUT2D eigenvalue weighted by Crippen LogP contribution is -2.14. The van der Waals surface area contributed by atoms with E-state index < -0.39 is 5.97 Å². The number of aliphatic carboxylic acids is 1. The van der Waals surface area contributed by atoms with Crippen LogP contribution in [0.25, 0.3) is 6.08 Å². The maximum atomic E-state index is 10.4. The van der Waals surface area contributed by atoms with Gasteiger partial charge in [-0.2, -0.15) is 11.8 Å². The zero-order chi connectivity index (χ0) is 13.4. The molecular weight excluding hydrogens is 246 g/mol. The van der Waals surface area contributed by atoms with Crippen molar-refractivity contribution < 1.29 is 9.90 Å². The Morgan fingerprint density at radius 2 is 2.00 bits per heavy atom. The van der Waals surface area contributed by atoms with Gasteiger partial charge in [0.1, 0.15) is 0 Å². The number of benzene rings is 1. The molecule has 98 valence electrons. The highest BCUT2D eigenvalue weighted by Gasteiger charge is 1.96. The number of carboxylic acid groups (broad SMARTS) is 1. The van der Waals surface area contributed by atoms with Crippen LogP contribution in [0.4, 0.5) is 0 Å². The molecule has 0 atom stereocenters. The van der Waals surface area contributed by atoms with E-state index >= 15 is 0 Å². The fourth-order valence-electron chi connectivity index (χ4n) is 1.33. The Morgan fingerprint density at radius 1 is 1.33 bits per heavy atom. The van der Waals surface area contributed by atoms with Crippen LogP contribution in [0.5, 0.6) is 0 Å². The van der Waals surface area contributed by atoms with Crippen LogP contribution < -0.4 is 0 Å². The highest BCUT2D eigenvalue weighted by molar-refractivity contribution is 7.98. The smallest absolute Gasteiger partial charge is 0.328 e. The Morgan fingerprint density at radius 3 is 2.56 bits per heavy atom. The van der Waals surface area contributed by atoms with Gasteiger partial charge in [0, 0.05) is 24.1 Å². The molecule has 0 aliphatic rings. The van der Waals surface area contributed by atoms with Gasteiger partial charge in [0.15, 0.2) is 0 Å². The molecule has 1 rings (SSSR count). The van der Waals surface area contributed by atoms with E-state index in [2.05, 4.69) is 19.0 Å². The van der Waals surface area contributed by atoms with E-state index in [4.69, 9.17) is 5.11 Å². The van der Waals surface area contributed by atoms with Crippen LogP contribution in [-0.2, 0) is 10.5 Å². The van der Waals surface area contributed by atoms with Gasteiger partial charge in [-0.25, -0.2) is 4.79 Å². The summed E-state index contributed by atoms with van der Waals surface area (Å²) in [7, 11) is 4.15. The summed E-state index contributed by atoms with van der Waals surface area (Å²) in [5, 5.41) is 8.52. The summed E-state index contributed by atoms with van der Waals surface area (Å²) < 4.78 is 0. The first-order valence-corrected chi connectivity index (χ1v) is 6.96. The van der Waals surface area contributed by atoms with E-state index in [1.807, 2.05) is 36.0 Å². The lowest BCUT2D eigenvalue weighted by Gasteiger charge is -2.08. The molecule has 1 aromatic rings. The second-order valence-electron chi connectivity index (χ2n) is 4.27. The molecule has 0 spiro atoms. The summed E-state index contributed by atoms with van der Waals surface area (Å²) >= 11 is 1.90. The number of hydrogen-bond donors (Lipinski definition) is 1. The topological polar surface area (TPSA) is 40.5 Å². The molecule has 3 nitrogen and oxygen atoms in total. The average molecular weight is 265 g/mol. The highest BCUT2D eigenvalue weighted by Crippen LogP contribution is 2.13. The Kier molecular flexibility index (Phi) is 6.54. The van der Waals surface area contributed by atoms with Crippen molar-refractivity contribution in [2.45, 2.75) is 5.75 Å². The minimum absolute atomic E-state index is 0.916. The van der Waals surface area contributed by atoms with Gasteiger partial charge in [0.05, 0.1) is 0 Å². The van der Waals surface area contributed by atoms with Crippen molar-refractivity contribution in [3.05, 3.63) is 41.5 Å². The Hall–Kier alpha value is -1.26. The molecule has 18 heavy (non-hydrogen) atoms. The first-order chi connectivity index (χ1) is 8.58. The summed E-state index contributed by atoms with van der Waals surface area (Å²) in [6, 6.07) is 7.98. The summed E-state index contributed by atoms with van der Waals surface area (Å²) in [5.41, 5.74) is 2.19. The Labute approximate surface area is 113 Å². The fourth-order valence-corrected chi connectivity index (χ4v) is 2.40. The average Bonchev–Trinajstić information content (AvgIpc) is 2.33. The molecule has 4 heteroatoms. The van der Waals surface area contributed by atoms with E-state index in [0.717, 1.165) is 29.7 Å². The molecule has 1 aromatic carbocycles. The molecule has 0 amide bonds. The second-order valence-corrected chi connectivity index (χ2v) is 5.37. The van der Waals surface area contributed by atoms with Gasteiger partial charge in [-0.3, -0.25) is 0 Å². The van der Waals surface area contributed by atoms with Crippen molar-refractivity contribution in [2.75, 3.05) is 26.4 Å². The van der Waals surface area contributed by atoms with Crippen LogP contribution in [-0.4, -0.2) is 42.4 Å². The van der Waals surface area contributed by atoms with E-state index in [-0.39, 0.29) is 0 Å². The molecule has 1 N–H and O–H groups in total. The van der Waals surface area contributed by atoms with E-state index in [9.17, 15) is 4.79 Å². The van der Waals surface area contributed by atoms with Crippen LogP contribution >= 0.6 is 11.8 Å². The van der Waals surface area contributed by atoms with Crippen molar-refractivity contribution >= 4 is 23.8 Å². The van der Waals surface area contributed by atoms with Gasteiger partial charge in [-0.15, -0.1) is 0 Å². The van der Waals surface area contributed by atoms with E-state index in [1.54, 1.807) is 6.08 Å². The number of thioether (sulfide) groups is 1. The van der Waals surface area contributed by atoms with Crippen molar-refractivity contribution in [3.63, 3.8) is 0 Å². The monoisotopic (exact) mass is 265 g/mol. The quantitative estimate of drug-likeness (QED) is 0.607. The van der Waals surface area contributed by atoms with Gasteiger partial charge in [0.2, 0.25) is 0 Å². The van der Waals surface area contributed by atoms with Gasteiger partial charge in [0.25, 0.3) is 0 Å². The van der Waals surface area contributed by atoms with Crippen LogP contribution in [0.15, 0.2) is 30.3 Å². The molecule has 0 saturated carbocycles. The standard InChI is InChI=1S/C14H19NO2S/c1-15(2)9-10-18-11-13-5-3-12(4-6-13)7-8-14(16)17/h3-8H,9-11H2,1-2H3,(H,16,17). The number of rotatable bonds is 7. The zero-order valence-electron chi connectivity index (χ0n) is 10.8. The third kappa shape index (κ3) is 6.47. The molecule has 0 heterocycles. The van der Waals surface area contributed by atoms with Crippen LogP contribution in [0, 0.1) is 0 Å². The summed E-state index contributed by atoms with van der Waals surface area (Å²) in [6.07, 6.45) is 2.76. The summed E-state index contributed by atoms with van der Waals surface area (Å²) in [6.45, 7) is 1.09. The van der Waals surface area contributed by atoms with Crippen molar-refractivity contribution in [1.29, 1.82) is 0 Å². The summed E-state index contributed by atoms with van der Waals surface area (Å²) in [4.78, 5) is 12.5. The minimum atomic E-state index is -0.918. The lowest BCUT2D eigenvalue weighted by atomic mass is 10.1. The third-order valence-electron chi connectivity index (χ3n) is 2.35. The van der Waals surface area contributed by atoms with Crippen LogP contribution in [0.1, 0.15) is 11.1 Å². The first kappa shape index (κ1) is 14.8. The molecule has 0 fully saturated rings. The molecule has 0 bridgehead atoms. The molecule has 0 aliphatic carbocycles. The molecule has 0 saturated heterocycles. The van der Waals surface area contributed by atoms with Crippen LogP contribution in [0.3, 0.4) is 0 Å². The molecule has 0 radical (unpaired) electrons. The number of carbonyl (C=O) groups is 1. The zero-order valence-corrected chi connectivity index (χ0v) is 11.6. The van der Waals surface area contributed by atoms with Crippen molar-refractivity contribution in [1.82, 2.24) is 4.90 Å². The maximum Gasteiger partial charge on any atom is 0.328 e. The number of carboxylic acids is 1. The molecular formula is C14H19NO2S. The van der Waals surface area contributed by atoms with Gasteiger partial charge >= 0.3 is 5.97 Å². The largest absolute Gasteiger partial charge is 0.478 e. The summed E-state index contributed by atoms with van der Waals surface area (Å²) in [5.74, 6) is 1.20. The predicted octanol–water partition coefficient (Wildman–Crippen LogP) is 2.58. The molecule has 0 aromatic heterocycles. The Balaban J connectivity index is 2.38. The van der Waals surface area contributed by atoms with Gasteiger partial charge < -0.3 is 10.0 Å². The predicted molar refractivity (Wildman–Crippen MR) is 77.8 cm³/mol. The highest BCUT2D eigenvalue weighted by atomic mass is 32.2. The molecule has 0 unspecified atom stereocenters. The second kappa shape index (κ2) is 7.95. The number of hydrogen-bond acceptors (Lipinski definition) is 3. The lowest BCUT2D eigenvalue weighted by molar-refractivity contribution is -0.131. The van der Waals surface area contributed by atoms with Crippen molar-refractivity contribution in [3.8, 4) is 0 Å². The van der Waals surface area contributed by atoms with Crippen LogP contribution in [0.2, 0.25) is 0 Å². The van der Waals surface area contributed by atoms with E-state index in [1.165, 1.54) is 5.56 Å². The van der Waals surface area contributed by atoms with Gasteiger partial charge in [-0.1, -0.05) is 24.3 Å². The first-order valence-electron chi connectivity index (χ1n) is 5.80.